The second kappa shape index (κ2) is 6.54. The van der Waals surface area contributed by atoms with Crippen LogP contribution in [0.1, 0.15) is 40.5 Å². The van der Waals surface area contributed by atoms with Gasteiger partial charge in [-0.2, -0.15) is 12.7 Å². The van der Waals surface area contributed by atoms with E-state index in [-0.39, 0.29) is 0 Å². The second-order valence-corrected chi connectivity index (χ2v) is 6.17. The highest BCUT2D eigenvalue weighted by molar-refractivity contribution is 7.87. The number of hydrogen-bond donors (Lipinski definition) is 2. The Balaban J connectivity index is 4.90. The van der Waals surface area contributed by atoms with Crippen LogP contribution >= 0.6 is 0 Å². The number of nitrogens with two attached hydrogens (primary N) is 1. The summed E-state index contributed by atoms with van der Waals surface area (Å²) < 4.78 is 28.1. The largest absolute Gasteiger partial charge is 0.329 e. The number of rotatable bonds is 8. The molecule has 5 nitrogen and oxygen atoms in total. The molecule has 0 radical (unpaired) electrons. The van der Waals surface area contributed by atoms with Crippen molar-refractivity contribution in [1.82, 2.24) is 9.03 Å². The molecule has 0 atom stereocenters. The van der Waals surface area contributed by atoms with E-state index in [9.17, 15) is 8.42 Å². The topological polar surface area (TPSA) is 75.4 Å². The molecule has 6 heteroatoms. The summed E-state index contributed by atoms with van der Waals surface area (Å²) in [7, 11) is -3.41. The average Bonchev–Trinajstić information content (AvgIpc) is 2.22. The van der Waals surface area contributed by atoms with Crippen LogP contribution in [0.5, 0.6) is 0 Å². The molecule has 0 saturated heterocycles. The summed E-state index contributed by atoms with van der Waals surface area (Å²) in [6, 6.07) is 0. The average molecular weight is 251 g/mol. The van der Waals surface area contributed by atoms with Gasteiger partial charge in [0.2, 0.25) is 0 Å². The maximum Gasteiger partial charge on any atom is 0.279 e. The summed E-state index contributed by atoms with van der Waals surface area (Å²) in [5, 5.41) is 0. The molecule has 0 aliphatic heterocycles. The molecule has 0 amide bonds. The lowest BCUT2D eigenvalue weighted by Crippen LogP contribution is -2.55. The first-order chi connectivity index (χ1) is 7.31. The van der Waals surface area contributed by atoms with Gasteiger partial charge in [0.1, 0.15) is 0 Å². The highest BCUT2D eigenvalue weighted by atomic mass is 32.2. The van der Waals surface area contributed by atoms with Crippen molar-refractivity contribution in [1.29, 1.82) is 0 Å². The zero-order valence-corrected chi connectivity index (χ0v) is 11.6. The molecule has 0 heterocycles. The van der Waals surface area contributed by atoms with Crippen LogP contribution in [0.15, 0.2) is 0 Å². The van der Waals surface area contributed by atoms with Gasteiger partial charge in [-0.25, -0.2) is 4.72 Å². The Labute approximate surface area is 99.6 Å². The third-order valence-electron chi connectivity index (χ3n) is 2.43. The van der Waals surface area contributed by atoms with Gasteiger partial charge in [0, 0.05) is 25.2 Å². The van der Waals surface area contributed by atoms with Crippen LogP contribution in [0, 0.1) is 0 Å². The van der Waals surface area contributed by atoms with Crippen molar-refractivity contribution in [3.63, 3.8) is 0 Å². The van der Waals surface area contributed by atoms with Gasteiger partial charge in [0.05, 0.1) is 0 Å². The normalized spacial score (nSPS) is 13.4. The molecule has 0 fully saturated rings. The van der Waals surface area contributed by atoms with Crippen molar-refractivity contribution in [3.8, 4) is 0 Å². The summed E-state index contributed by atoms with van der Waals surface area (Å²) in [5.74, 6) is 0. The second-order valence-electron chi connectivity index (χ2n) is 4.49. The Hall–Kier alpha value is -0.170. The highest BCUT2D eigenvalue weighted by Crippen LogP contribution is 2.17. The van der Waals surface area contributed by atoms with E-state index in [1.807, 2.05) is 27.7 Å². The van der Waals surface area contributed by atoms with E-state index in [0.29, 0.717) is 19.6 Å². The third kappa shape index (κ3) is 4.37. The lowest BCUT2D eigenvalue weighted by atomic mass is 10.1. The summed E-state index contributed by atoms with van der Waals surface area (Å²) in [6.45, 7) is 8.82. The van der Waals surface area contributed by atoms with E-state index in [0.717, 1.165) is 12.8 Å². The van der Waals surface area contributed by atoms with Crippen LogP contribution in [0.2, 0.25) is 0 Å². The fraction of sp³-hybridized carbons (Fsp3) is 1.00. The fourth-order valence-electron chi connectivity index (χ4n) is 1.36. The first-order valence-corrected chi connectivity index (χ1v) is 7.23. The van der Waals surface area contributed by atoms with Gasteiger partial charge < -0.3 is 5.73 Å². The number of hydrogen-bond acceptors (Lipinski definition) is 3. The minimum absolute atomic E-state index is 0.306. The monoisotopic (exact) mass is 251 g/mol. The standard InChI is InChI=1S/C10H25N3O2S/c1-5-7-12-16(14,15)13(8-6-2)10(3,4)9-11/h12H,5-9,11H2,1-4H3. The van der Waals surface area contributed by atoms with Crippen molar-refractivity contribution in [2.24, 2.45) is 5.73 Å². The molecule has 0 spiro atoms. The Kier molecular flexibility index (Phi) is 6.47. The highest BCUT2D eigenvalue weighted by Gasteiger charge is 2.33. The van der Waals surface area contributed by atoms with E-state index in [2.05, 4.69) is 4.72 Å². The van der Waals surface area contributed by atoms with Crippen molar-refractivity contribution in [2.75, 3.05) is 19.6 Å². The van der Waals surface area contributed by atoms with Crippen molar-refractivity contribution in [3.05, 3.63) is 0 Å². The van der Waals surface area contributed by atoms with E-state index in [1.165, 1.54) is 4.31 Å². The van der Waals surface area contributed by atoms with Crippen molar-refractivity contribution < 1.29 is 8.42 Å². The molecule has 0 aromatic rings. The van der Waals surface area contributed by atoms with Crippen LogP contribution in [0.25, 0.3) is 0 Å². The lowest BCUT2D eigenvalue weighted by molar-refractivity contribution is 0.232. The molecule has 0 unspecified atom stereocenters. The maximum absolute atomic E-state index is 12.0. The van der Waals surface area contributed by atoms with Gasteiger partial charge >= 0.3 is 0 Å². The summed E-state index contributed by atoms with van der Waals surface area (Å²) in [5.41, 5.74) is 5.08. The van der Waals surface area contributed by atoms with Crippen LogP contribution < -0.4 is 10.5 Å². The molecule has 0 aromatic heterocycles. The molecule has 0 rings (SSSR count). The smallest absolute Gasteiger partial charge is 0.279 e. The molecule has 0 bridgehead atoms. The molecular weight excluding hydrogens is 226 g/mol. The van der Waals surface area contributed by atoms with E-state index >= 15 is 0 Å². The molecule has 0 aromatic carbocycles. The van der Waals surface area contributed by atoms with Gasteiger partial charge in [-0.3, -0.25) is 0 Å². The maximum atomic E-state index is 12.0. The van der Waals surface area contributed by atoms with Crippen LogP contribution in [0.3, 0.4) is 0 Å². The molecule has 3 N–H and O–H groups in total. The van der Waals surface area contributed by atoms with Crippen molar-refractivity contribution in [2.45, 2.75) is 46.1 Å². The first kappa shape index (κ1) is 15.8. The number of nitrogens with one attached hydrogen (secondary N) is 1. The minimum Gasteiger partial charge on any atom is -0.329 e. The number of nitrogens with zero attached hydrogens (tertiary/aromatic N) is 1. The SMILES string of the molecule is CCCNS(=O)(=O)N(CCC)C(C)(C)CN. The summed E-state index contributed by atoms with van der Waals surface area (Å²) in [4.78, 5) is 0. The Bertz CT molecular complexity index is 288. The van der Waals surface area contributed by atoms with Crippen LogP contribution in [-0.2, 0) is 10.2 Å². The molecule has 0 saturated carbocycles. The predicted octanol–water partition coefficient (Wildman–Crippen LogP) is 0.680. The molecule has 16 heavy (non-hydrogen) atoms. The lowest BCUT2D eigenvalue weighted by Gasteiger charge is -2.36. The Morgan fingerprint density at radius 1 is 1.25 bits per heavy atom. The Morgan fingerprint density at radius 3 is 2.19 bits per heavy atom. The molecule has 0 aliphatic carbocycles. The molecular formula is C10H25N3O2S. The summed E-state index contributed by atoms with van der Waals surface area (Å²) >= 11 is 0. The van der Waals surface area contributed by atoms with Gasteiger partial charge in [0.25, 0.3) is 10.2 Å². The summed E-state index contributed by atoms with van der Waals surface area (Å²) in [6.07, 6.45) is 1.55. The first-order valence-electron chi connectivity index (χ1n) is 5.79. The molecule has 98 valence electrons. The van der Waals surface area contributed by atoms with E-state index in [1.54, 1.807) is 0 Å². The van der Waals surface area contributed by atoms with Crippen molar-refractivity contribution >= 4 is 10.2 Å². The molecule has 0 aliphatic rings. The van der Waals surface area contributed by atoms with Gasteiger partial charge in [0.15, 0.2) is 0 Å². The van der Waals surface area contributed by atoms with Gasteiger partial charge in [-0.05, 0) is 26.7 Å². The van der Waals surface area contributed by atoms with E-state index < -0.39 is 15.7 Å². The Morgan fingerprint density at radius 2 is 1.81 bits per heavy atom. The van der Waals surface area contributed by atoms with E-state index in [4.69, 9.17) is 5.73 Å². The van der Waals surface area contributed by atoms with Crippen LogP contribution in [0.4, 0.5) is 0 Å². The fourth-order valence-corrected chi connectivity index (χ4v) is 3.13. The predicted molar refractivity (Wildman–Crippen MR) is 67.3 cm³/mol. The minimum atomic E-state index is -3.41. The zero-order chi connectivity index (χ0) is 12.8. The quantitative estimate of drug-likeness (QED) is 0.666. The zero-order valence-electron chi connectivity index (χ0n) is 10.8. The van der Waals surface area contributed by atoms with Crippen LogP contribution in [-0.4, -0.2) is 37.9 Å². The third-order valence-corrected chi connectivity index (χ3v) is 4.25. The van der Waals surface area contributed by atoms with Gasteiger partial charge in [-0.1, -0.05) is 13.8 Å². The van der Waals surface area contributed by atoms with Gasteiger partial charge in [-0.15, -0.1) is 0 Å².